The lowest BCUT2D eigenvalue weighted by atomic mass is 10.1. The standard InChI is InChI=1S/C16H18N6O2S/c1-4-12-5-7-13(8-6-12)22-16(18-20-21-22)25-11(3)15(23)17-14-9-10(2)24-19-14/h5-9,11H,4H2,1-3H3,(H,17,19,23)/t11-/m1/s1. The third-order valence-corrected chi connectivity index (χ3v) is 4.59. The topological polar surface area (TPSA) is 98.7 Å². The summed E-state index contributed by atoms with van der Waals surface area (Å²) in [5, 5.41) is 18.4. The lowest BCUT2D eigenvalue weighted by Crippen LogP contribution is -2.23. The maximum atomic E-state index is 12.3. The van der Waals surface area contributed by atoms with Gasteiger partial charge < -0.3 is 9.84 Å². The molecular weight excluding hydrogens is 340 g/mol. The highest BCUT2D eigenvalue weighted by Gasteiger charge is 2.20. The molecule has 0 aliphatic carbocycles. The largest absolute Gasteiger partial charge is 0.360 e. The maximum Gasteiger partial charge on any atom is 0.238 e. The molecular formula is C16H18N6O2S. The Morgan fingerprint density at radius 2 is 2.12 bits per heavy atom. The highest BCUT2D eigenvalue weighted by Crippen LogP contribution is 2.24. The molecule has 0 unspecified atom stereocenters. The fraction of sp³-hybridized carbons (Fsp3) is 0.312. The predicted octanol–water partition coefficient (Wildman–Crippen LogP) is 2.64. The Morgan fingerprint density at radius 1 is 1.36 bits per heavy atom. The van der Waals surface area contributed by atoms with Crippen LogP contribution in [0.3, 0.4) is 0 Å². The monoisotopic (exact) mass is 358 g/mol. The number of rotatable bonds is 6. The number of benzene rings is 1. The third-order valence-electron chi connectivity index (χ3n) is 3.56. The average molecular weight is 358 g/mol. The molecule has 0 fully saturated rings. The molecule has 2 aromatic heterocycles. The number of aryl methyl sites for hydroxylation is 2. The van der Waals surface area contributed by atoms with E-state index in [0.29, 0.717) is 16.7 Å². The quantitative estimate of drug-likeness (QED) is 0.676. The van der Waals surface area contributed by atoms with E-state index in [2.05, 4.69) is 32.9 Å². The Kier molecular flexibility index (Phi) is 5.13. The molecule has 0 bridgehead atoms. The van der Waals surface area contributed by atoms with Gasteiger partial charge in [-0.15, -0.1) is 5.10 Å². The Hall–Kier alpha value is -2.68. The smallest absolute Gasteiger partial charge is 0.238 e. The normalized spacial score (nSPS) is 12.1. The molecule has 1 aromatic carbocycles. The van der Waals surface area contributed by atoms with Gasteiger partial charge in [-0.2, -0.15) is 4.68 Å². The number of thioether (sulfide) groups is 1. The first-order valence-corrected chi connectivity index (χ1v) is 8.73. The van der Waals surface area contributed by atoms with Gasteiger partial charge in [0.1, 0.15) is 5.76 Å². The van der Waals surface area contributed by atoms with Crippen molar-refractivity contribution >= 4 is 23.5 Å². The first-order valence-electron chi connectivity index (χ1n) is 7.85. The molecule has 0 aliphatic heterocycles. The fourth-order valence-electron chi connectivity index (χ4n) is 2.15. The van der Waals surface area contributed by atoms with E-state index in [4.69, 9.17) is 4.52 Å². The molecule has 130 valence electrons. The Balaban J connectivity index is 1.70. The fourth-order valence-corrected chi connectivity index (χ4v) is 2.96. The summed E-state index contributed by atoms with van der Waals surface area (Å²) >= 11 is 1.27. The SMILES string of the molecule is CCc1ccc(-n2nnnc2S[C@H](C)C(=O)Nc2cc(C)on2)cc1. The molecule has 1 amide bonds. The van der Waals surface area contributed by atoms with Crippen molar-refractivity contribution < 1.29 is 9.32 Å². The number of nitrogens with one attached hydrogen (secondary N) is 1. The summed E-state index contributed by atoms with van der Waals surface area (Å²) in [6.07, 6.45) is 0.968. The molecule has 0 aliphatic rings. The number of carbonyl (C=O) groups excluding carboxylic acids is 1. The zero-order valence-corrected chi connectivity index (χ0v) is 14.9. The highest BCUT2D eigenvalue weighted by atomic mass is 32.2. The Morgan fingerprint density at radius 3 is 2.76 bits per heavy atom. The van der Waals surface area contributed by atoms with Crippen LogP contribution in [0.15, 0.2) is 40.0 Å². The van der Waals surface area contributed by atoms with Gasteiger partial charge in [0.25, 0.3) is 0 Å². The molecule has 0 saturated heterocycles. The zero-order valence-electron chi connectivity index (χ0n) is 14.1. The van der Waals surface area contributed by atoms with Crippen LogP contribution in [-0.2, 0) is 11.2 Å². The van der Waals surface area contributed by atoms with Gasteiger partial charge in [-0.05, 0) is 48.4 Å². The number of hydrogen-bond donors (Lipinski definition) is 1. The van der Waals surface area contributed by atoms with Gasteiger partial charge in [-0.25, -0.2) is 0 Å². The third kappa shape index (κ3) is 4.05. The highest BCUT2D eigenvalue weighted by molar-refractivity contribution is 8.00. The second-order valence-electron chi connectivity index (χ2n) is 5.47. The van der Waals surface area contributed by atoms with Crippen LogP contribution in [0.4, 0.5) is 5.82 Å². The number of amides is 1. The van der Waals surface area contributed by atoms with Gasteiger partial charge in [0.05, 0.1) is 10.9 Å². The van der Waals surface area contributed by atoms with Gasteiger partial charge in [0.15, 0.2) is 5.82 Å². The number of anilines is 1. The molecule has 0 saturated carbocycles. The molecule has 8 nitrogen and oxygen atoms in total. The van der Waals surface area contributed by atoms with Gasteiger partial charge in [0.2, 0.25) is 11.1 Å². The van der Waals surface area contributed by atoms with E-state index in [1.54, 1.807) is 24.6 Å². The summed E-state index contributed by atoms with van der Waals surface area (Å²) in [6, 6.07) is 9.65. The van der Waals surface area contributed by atoms with Crippen molar-refractivity contribution in [1.29, 1.82) is 0 Å². The van der Waals surface area contributed by atoms with Crippen molar-refractivity contribution in [2.75, 3.05) is 5.32 Å². The summed E-state index contributed by atoms with van der Waals surface area (Å²) < 4.78 is 6.56. The van der Waals surface area contributed by atoms with Crippen LogP contribution in [0.5, 0.6) is 0 Å². The molecule has 1 atom stereocenters. The Bertz CT molecular complexity index is 858. The second-order valence-corrected chi connectivity index (χ2v) is 6.77. The minimum atomic E-state index is -0.406. The van der Waals surface area contributed by atoms with Crippen LogP contribution in [-0.4, -0.2) is 36.5 Å². The van der Waals surface area contributed by atoms with Crippen molar-refractivity contribution in [3.05, 3.63) is 41.7 Å². The van der Waals surface area contributed by atoms with Crippen molar-refractivity contribution in [3.63, 3.8) is 0 Å². The number of nitrogens with zero attached hydrogens (tertiary/aromatic N) is 5. The zero-order chi connectivity index (χ0) is 17.8. The van der Waals surface area contributed by atoms with E-state index < -0.39 is 5.25 Å². The summed E-state index contributed by atoms with van der Waals surface area (Å²) in [4.78, 5) is 12.3. The summed E-state index contributed by atoms with van der Waals surface area (Å²) in [6.45, 7) is 5.65. The molecule has 2 heterocycles. The van der Waals surface area contributed by atoms with E-state index in [1.807, 2.05) is 24.3 Å². The second kappa shape index (κ2) is 7.47. The van der Waals surface area contributed by atoms with Crippen LogP contribution >= 0.6 is 11.8 Å². The number of carbonyl (C=O) groups is 1. The van der Waals surface area contributed by atoms with Gasteiger partial charge in [0, 0.05) is 6.07 Å². The first kappa shape index (κ1) is 17.2. The van der Waals surface area contributed by atoms with E-state index in [0.717, 1.165) is 12.1 Å². The number of aromatic nitrogens is 5. The van der Waals surface area contributed by atoms with E-state index >= 15 is 0 Å². The Labute approximate surface area is 149 Å². The van der Waals surface area contributed by atoms with Gasteiger partial charge >= 0.3 is 0 Å². The molecule has 9 heteroatoms. The van der Waals surface area contributed by atoms with Crippen LogP contribution < -0.4 is 5.32 Å². The van der Waals surface area contributed by atoms with Crippen LogP contribution in [0, 0.1) is 6.92 Å². The molecule has 3 rings (SSSR count). The van der Waals surface area contributed by atoms with Crippen LogP contribution in [0.2, 0.25) is 0 Å². The molecule has 0 spiro atoms. The molecule has 1 N–H and O–H groups in total. The van der Waals surface area contributed by atoms with Crippen molar-refractivity contribution in [3.8, 4) is 5.69 Å². The van der Waals surface area contributed by atoms with Crippen LogP contribution in [0.1, 0.15) is 25.2 Å². The molecule has 0 radical (unpaired) electrons. The first-order chi connectivity index (χ1) is 12.1. The number of tetrazole rings is 1. The van der Waals surface area contributed by atoms with Crippen LogP contribution in [0.25, 0.3) is 5.69 Å². The average Bonchev–Trinajstić information content (AvgIpc) is 3.24. The summed E-state index contributed by atoms with van der Waals surface area (Å²) in [5.74, 6) is 0.828. The summed E-state index contributed by atoms with van der Waals surface area (Å²) in [7, 11) is 0. The minimum Gasteiger partial charge on any atom is -0.360 e. The minimum absolute atomic E-state index is 0.200. The van der Waals surface area contributed by atoms with E-state index in [-0.39, 0.29) is 5.91 Å². The van der Waals surface area contributed by atoms with E-state index in [9.17, 15) is 4.79 Å². The molecule has 25 heavy (non-hydrogen) atoms. The maximum absolute atomic E-state index is 12.3. The van der Waals surface area contributed by atoms with Crippen molar-refractivity contribution in [2.45, 2.75) is 37.6 Å². The van der Waals surface area contributed by atoms with Crippen molar-refractivity contribution in [1.82, 2.24) is 25.4 Å². The number of hydrogen-bond acceptors (Lipinski definition) is 7. The van der Waals surface area contributed by atoms with Crippen molar-refractivity contribution in [2.24, 2.45) is 0 Å². The summed E-state index contributed by atoms with van der Waals surface area (Å²) in [5.41, 5.74) is 2.09. The molecule has 3 aromatic rings. The lowest BCUT2D eigenvalue weighted by Gasteiger charge is -2.10. The van der Waals surface area contributed by atoms with Gasteiger partial charge in [-0.1, -0.05) is 36.0 Å². The lowest BCUT2D eigenvalue weighted by molar-refractivity contribution is -0.115. The predicted molar refractivity (Wildman–Crippen MR) is 93.7 cm³/mol. The van der Waals surface area contributed by atoms with Gasteiger partial charge in [-0.3, -0.25) is 4.79 Å². The van der Waals surface area contributed by atoms with E-state index in [1.165, 1.54) is 17.3 Å².